The van der Waals surface area contributed by atoms with Crippen molar-refractivity contribution in [2.24, 2.45) is 0 Å². The van der Waals surface area contributed by atoms with E-state index in [2.05, 4.69) is 40.2 Å². The van der Waals surface area contributed by atoms with Crippen LogP contribution in [0.4, 0.5) is 0 Å². The van der Waals surface area contributed by atoms with Gasteiger partial charge in [0.1, 0.15) is 12.6 Å². The fraction of sp³-hybridized carbons (Fsp3) is 0.875. The van der Waals surface area contributed by atoms with E-state index in [1.807, 2.05) is 6.92 Å². The van der Waals surface area contributed by atoms with E-state index in [4.69, 9.17) is 4.74 Å². The number of unbranched alkanes of at least 4 members (excludes halogenated alkanes) is 11. The first-order valence-electron chi connectivity index (χ1n) is 11.5. The van der Waals surface area contributed by atoms with Gasteiger partial charge in [0.25, 0.3) is 0 Å². The Morgan fingerprint density at radius 1 is 0.815 bits per heavy atom. The second-order valence-corrected chi connectivity index (χ2v) is 9.11. The van der Waals surface area contributed by atoms with Crippen LogP contribution in [0.25, 0.3) is 0 Å². The minimum absolute atomic E-state index is 0.000581. The third kappa shape index (κ3) is 21.3. The molecule has 27 heavy (non-hydrogen) atoms. The summed E-state index contributed by atoms with van der Waals surface area (Å²) < 4.78 is 6.30. The largest absolute Gasteiger partial charge is 0.457 e. The van der Waals surface area contributed by atoms with Gasteiger partial charge in [-0.15, -0.1) is 0 Å². The monoisotopic (exact) mass is 382 g/mol. The van der Waals surface area contributed by atoms with Gasteiger partial charge in [0.15, 0.2) is 0 Å². The predicted molar refractivity (Wildman–Crippen MR) is 118 cm³/mol. The standard InChI is InChI=1S/C24H48NO2/c1-6-7-8-9-10-11-12-13-14-15-16-17-18-19-20-21-24(26)27-23(2)22-25(3,4)5/h13-14,23H,6-12,15-22H2,1-5H3/q+1/b14-13-. The number of hydrogen-bond acceptors (Lipinski definition) is 2. The zero-order valence-corrected chi connectivity index (χ0v) is 19.1. The van der Waals surface area contributed by atoms with Crippen molar-refractivity contribution in [3.8, 4) is 0 Å². The van der Waals surface area contributed by atoms with E-state index in [9.17, 15) is 4.79 Å². The summed E-state index contributed by atoms with van der Waals surface area (Å²) in [6, 6.07) is 0. The van der Waals surface area contributed by atoms with Crippen LogP contribution in [0.1, 0.15) is 104 Å². The van der Waals surface area contributed by atoms with Crippen molar-refractivity contribution in [2.45, 2.75) is 110 Å². The SMILES string of the molecule is CCCCCCCC/C=C\CCCCCCCC(=O)OC(C)C[N+](C)(C)C. The zero-order valence-electron chi connectivity index (χ0n) is 19.1. The van der Waals surface area contributed by atoms with Crippen LogP contribution in [0.15, 0.2) is 12.2 Å². The lowest BCUT2D eigenvalue weighted by Gasteiger charge is -2.27. The molecule has 3 nitrogen and oxygen atoms in total. The maximum absolute atomic E-state index is 11.8. The predicted octanol–water partition coefficient (Wildman–Crippen LogP) is 6.66. The van der Waals surface area contributed by atoms with Crippen LogP contribution in [0.5, 0.6) is 0 Å². The van der Waals surface area contributed by atoms with Crippen LogP contribution in [0, 0.1) is 0 Å². The Morgan fingerprint density at radius 2 is 1.30 bits per heavy atom. The van der Waals surface area contributed by atoms with Gasteiger partial charge < -0.3 is 9.22 Å². The molecule has 0 aliphatic rings. The molecule has 3 heteroatoms. The van der Waals surface area contributed by atoms with Crippen molar-refractivity contribution in [1.82, 2.24) is 0 Å². The van der Waals surface area contributed by atoms with E-state index in [1.54, 1.807) is 0 Å². The highest BCUT2D eigenvalue weighted by Gasteiger charge is 2.17. The van der Waals surface area contributed by atoms with Gasteiger partial charge in [-0.2, -0.15) is 0 Å². The van der Waals surface area contributed by atoms with Crippen LogP contribution < -0.4 is 0 Å². The van der Waals surface area contributed by atoms with E-state index >= 15 is 0 Å². The average molecular weight is 383 g/mol. The van der Waals surface area contributed by atoms with Crippen molar-refractivity contribution in [3.05, 3.63) is 12.2 Å². The van der Waals surface area contributed by atoms with Crippen molar-refractivity contribution >= 4 is 5.97 Å². The summed E-state index contributed by atoms with van der Waals surface area (Å²) in [6.45, 7) is 5.12. The summed E-state index contributed by atoms with van der Waals surface area (Å²) in [5, 5.41) is 0. The highest BCUT2D eigenvalue weighted by molar-refractivity contribution is 5.69. The molecule has 0 saturated carbocycles. The Morgan fingerprint density at radius 3 is 1.81 bits per heavy atom. The van der Waals surface area contributed by atoms with Crippen molar-refractivity contribution in [1.29, 1.82) is 0 Å². The van der Waals surface area contributed by atoms with Gasteiger partial charge in [-0.1, -0.05) is 70.4 Å². The fourth-order valence-electron chi connectivity index (χ4n) is 3.43. The first-order valence-corrected chi connectivity index (χ1v) is 11.5. The number of quaternary nitrogens is 1. The molecular weight excluding hydrogens is 334 g/mol. The molecule has 0 bridgehead atoms. The smallest absolute Gasteiger partial charge is 0.306 e. The number of nitrogens with zero attached hydrogens (tertiary/aromatic N) is 1. The molecule has 0 heterocycles. The first kappa shape index (κ1) is 26.2. The molecule has 0 rings (SSSR count). The highest BCUT2D eigenvalue weighted by Crippen LogP contribution is 2.11. The number of rotatable bonds is 18. The summed E-state index contributed by atoms with van der Waals surface area (Å²) in [6.07, 6.45) is 21.9. The molecule has 160 valence electrons. The number of likely N-dealkylation sites (N-methyl/N-ethyl adjacent to an activating group) is 1. The van der Waals surface area contributed by atoms with Gasteiger partial charge in [0, 0.05) is 6.42 Å². The minimum atomic E-state index is -0.0337. The topological polar surface area (TPSA) is 26.3 Å². The van der Waals surface area contributed by atoms with E-state index in [-0.39, 0.29) is 12.1 Å². The lowest BCUT2D eigenvalue weighted by atomic mass is 10.1. The second-order valence-electron chi connectivity index (χ2n) is 9.11. The molecule has 0 aromatic rings. The summed E-state index contributed by atoms with van der Waals surface area (Å²) >= 11 is 0. The van der Waals surface area contributed by atoms with E-state index in [0.29, 0.717) is 6.42 Å². The maximum Gasteiger partial charge on any atom is 0.306 e. The Labute approximate surface area is 170 Å². The van der Waals surface area contributed by atoms with Crippen LogP contribution in [0.2, 0.25) is 0 Å². The quantitative estimate of drug-likeness (QED) is 0.115. The molecule has 0 fully saturated rings. The summed E-state index contributed by atoms with van der Waals surface area (Å²) in [5.74, 6) is -0.0337. The molecule has 0 spiro atoms. The lowest BCUT2D eigenvalue weighted by molar-refractivity contribution is -0.873. The zero-order chi connectivity index (χ0) is 20.4. The number of esters is 1. The number of hydrogen-bond donors (Lipinski definition) is 0. The first-order chi connectivity index (χ1) is 12.8. The number of carbonyl (C=O) groups is 1. The molecule has 0 aromatic carbocycles. The Hall–Kier alpha value is -0.830. The van der Waals surface area contributed by atoms with Crippen LogP contribution in [-0.4, -0.2) is 44.2 Å². The summed E-state index contributed by atoms with van der Waals surface area (Å²) in [7, 11) is 6.36. The Bertz CT molecular complexity index is 371. The molecule has 0 radical (unpaired) electrons. The van der Waals surface area contributed by atoms with Gasteiger partial charge in [-0.05, 0) is 39.0 Å². The molecule has 0 N–H and O–H groups in total. The number of ether oxygens (including phenoxy) is 1. The van der Waals surface area contributed by atoms with Crippen LogP contribution >= 0.6 is 0 Å². The van der Waals surface area contributed by atoms with Gasteiger partial charge in [0.2, 0.25) is 0 Å². The van der Waals surface area contributed by atoms with Gasteiger partial charge in [-0.25, -0.2) is 0 Å². The van der Waals surface area contributed by atoms with Crippen LogP contribution in [-0.2, 0) is 9.53 Å². The van der Waals surface area contributed by atoms with Gasteiger partial charge in [0.05, 0.1) is 21.1 Å². The van der Waals surface area contributed by atoms with E-state index < -0.39 is 0 Å². The molecule has 0 amide bonds. The summed E-state index contributed by atoms with van der Waals surface area (Å²) in [4.78, 5) is 11.8. The molecule has 1 atom stereocenters. The third-order valence-corrected chi connectivity index (χ3v) is 4.78. The molecule has 0 aliphatic heterocycles. The number of allylic oxidation sites excluding steroid dienone is 2. The Balaban J connectivity index is 3.37. The molecule has 0 saturated heterocycles. The second kappa shape index (κ2) is 17.3. The van der Waals surface area contributed by atoms with E-state index in [1.165, 1.54) is 70.6 Å². The highest BCUT2D eigenvalue weighted by atomic mass is 16.5. The van der Waals surface area contributed by atoms with E-state index in [0.717, 1.165) is 23.9 Å². The van der Waals surface area contributed by atoms with Gasteiger partial charge >= 0.3 is 5.97 Å². The fourth-order valence-corrected chi connectivity index (χ4v) is 3.43. The maximum atomic E-state index is 11.8. The third-order valence-electron chi connectivity index (χ3n) is 4.78. The molecule has 0 aliphatic carbocycles. The van der Waals surface area contributed by atoms with Gasteiger partial charge in [-0.3, -0.25) is 4.79 Å². The molecule has 1 unspecified atom stereocenters. The number of carbonyl (C=O) groups excluding carboxylic acids is 1. The van der Waals surface area contributed by atoms with Crippen LogP contribution in [0.3, 0.4) is 0 Å². The summed E-state index contributed by atoms with van der Waals surface area (Å²) in [5.41, 5.74) is 0. The molecular formula is C24H48NO2+. The normalized spacial score (nSPS) is 13.2. The average Bonchev–Trinajstić information content (AvgIpc) is 2.56. The van der Waals surface area contributed by atoms with Crippen molar-refractivity contribution in [2.75, 3.05) is 27.7 Å². The minimum Gasteiger partial charge on any atom is -0.457 e. The molecule has 0 aromatic heterocycles. The van der Waals surface area contributed by atoms with Crippen molar-refractivity contribution < 1.29 is 14.0 Å². The lowest BCUT2D eigenvalue weighted by Crippen LogP contribution is -2.41. The van der Waals surface area contributed by atoms with Crippen molar-refractivity contribution in [3.63, 3.8) is 0 Å². The Kier molecular flexibility index (Phi) is 16.7.